The number of rotatable bonds is 8. The summed E-state index contributed by atoms with van der Waals surface area (Å²) in [5, 5.41) is 0. The van der Waals surface area contributed by atoms with Gasteiger partial charge in [0.1, 0.15) is 17.4 Å². The molecule has 5 rings (SSSR count). The smallest absolute Gasteiger partial charge is 0.400 e. The van der Waals surface area contributed by atoms with Gasteiger partial charge in [-0.25, -0.2) is 22.0 Å². The molecular formula is C34H35F7O. The van der Waals surface area contributed by atoms with Gasteiger partial charge >= 0.3 is 6.11 Å². The van der Waals surface area contributed by atoms with Gasteiger partial charge in [0.15, 0.2) is 17.5 Å². The van der Waals surface area contributed by atoms with Crippen LogP contribution in [-0.2, 0) is 0 Å². The lowest BCUT2D eigenvalue weighted by Gasteiger charge is -2.34. The van der Waals surface area contributed by atoms with E-state index in [4.69, 9.17) is 4.74 Å². The standard InChI is InChI=1S/C34H35F7O/c1-2-3-20-4-6-21(7-5-20)23-10-14-27(29(35)16-23)22-8-11-25(12-9-22)34(40,41)42-26-13-15-28(30(36)19-26)24-17-31(37)33(39)32(38)18-24/h10,13-22,25H,2-9,11-12H2,1H3. The predicted octanol–water partition coefficient (Wildman–Crippen LogP) is 11.1. The highest BCUT2D eigenvalue weighted by molar-refractivity contribution is 5.65. The minimum Gasteiger partial charge on any atom is -0.432 e. The molecule has 226 valence electrons. The third-order valence-corrected chi connectivity index (χ3v) is 9.17. The van der Waals surface area contributed by atoms with E-state index in [9.17, 15) is 17.6 Å². The summed E-state index contributed by atoms with van der Waals surface area (Å²) in [5.74, 6) is -6.62. The van der Waals surface area contributed by atoms with Crippen molar-refractivity contribution in [2.45, 2.75) is 89.1 Å². The first-order chi connectivity index (χ1) is 20.1. The zero-order valence-corrected chi connectivity index (χ0v) is 23.6. The maximum atomic E-state index is 15.2. The molecule has 0 atom stereocenters. The van der Waals surface area contributed by atoms with Gasteiger partial charge in [0, 0.05) is 11.6 Å². The highest BCUT2D eigenvalue weighted by Crippen LogP contribution is 2.45. The van der Waals surface area contributed by atoms with Crippen LogP contribution in [0, 0.1) is 40.9 Å². The molecule has 0 amide bonds. The molecule has 0 aliphatic heterocycles. The van der Waals surface area contributed by atoms with Crippen LogP contribution in [0.3, 0.4) is 0 Å². The lowest BCUT2D eigenvalue weighted by atomic mass is 9.75. The van der Waals surface area contributed by atoms with Crippen LogP contribution in [0.25, 0.3) is 11.1 Å². The Labute approximate surface area is 242 Å². The van der Waals surface area contributed by atoms with Crippen LogP contribution >= 0.6 is 0 Å². The van der Waals surface area contributed by atoms with Gasteiger partial charge < -0.3 is 4.74 Å². The van der Waals surface area contributed by atoms with Crippen molar-refractivity contribution in [2.24, 2.45) is 11.8 Å². The summed E-state index contributed by atoms with van der Waals surface area (Å²) in [6, 6.07) is 9.54. The van der Waals surface area contributed by atoms with Crippen LogP contribution < -0.4 is 4.74 Å². The molecule has 0 spiro atoms. The molecule has 0 N–H and O–H groups in total. The average Bonchev–Trinajstić information content (AvgIpc) is 2.96. The Morgan fingerprint density at radius 3 is 1.93 bits per heavy atom. The van der Waals surface area contributed by atoms with Gasteiger partial charge in [-0.1, -0.05) is 31.9 Å². The van der Waals surface area contributed by atoms with Crippen molar-refractivity contribution in [2.75, 3.05) is 0 Å². The molecule has 3 aromatic rings. The zero-order valence-electron chi connectivity index (χ0n) is 23.6. The van der Waals surface area contributed by atoms with Crippen LogP contribution in [-0.4, -0.2) is 6.11 Å². The Morgan fingerprint density at radius 1 is 0.690 bits per heavy atom. The van der Waals surface area contributed by atoms with Gasteiger partial charge in [0.05, 0.1) is 5.92 Å². The molecular weight excluding hydrogens is 557 g/mol. The molecule has 2 fully saturated rings. The van der Waals surface area contributed by atoms with Crippen molar-refractivity contribution < 1.29 is 35.5 Å². The summed E-state index contributed by atoms with van der Waals surface area (Å²) in [5.41, 5.74) is 1.02. The number of halogens is 7. The van der Waals surface area contributed by atoms with Crippen molar-refractivity contribution >= 4 is 0 Å². The van der Waals surface area contributed by atoms with Crippen LogP contribution in [0.15, 0.2) is 48.5 Å². The van der Waals surface area contributed by atoms with E-state index < -0.39 is 41.0 Å². The maximum Gasteiger partial charge on any atom is 0.400 e. The Hall–Kier alpha value is -3.03. The van der Waals surface area contributed by atoms with E-state index in [0.717, 1.165) is 36.5 Å². The lowest BCUT2D eigenvalue weighted by Crippen LogP contribution is -2.37. The number of hydrogen-bond acceptors (Lipinski definition) is 1. The topological polar surface area (TPSA) is 9.23 Å². The average molecular weight is 593 g/mol. The Kier molecular flexibility index (Phi) is 9.19. The number of benzene rings is 3. The maximum absolute atomic E-state index is 15.2. The van der Waals surface area contributed by atoms with Crippen LogP contribution in [0.2, 0.25) is 0 Å². The van der Waals surface area contributed by atoms with E-state index in [2.05, 4.69) is 6.92 Å². The SMILES string of the molecule is CCCC1CCC(c2ccc(C3CCC(C(F)(F)Oc4ccc(-c5cc(F)c(F)c(F)c5)c(F)c4)CC3)c(F)c2)CC1. The fraction of sp³-hybridized carbons (Fsp3) is 0.471. The summed E-state index contributed by atoms with van der Waals surface area (Å²) in [6.45, 7) is 2.20. The molecule has 1 nitrogen and oxygen atoms in total. The van der Waals surface area contributed by atoms with Gasteiger partial charge in [-0.05, 0) is 116 Å². The molecule has 42 heavy (non-hydrogen) atoms. The van der Waals surface area contributed by atoms with Crippen LogP contribution in [0.5, 0.6) is 5.75 Å². The van der Waals surface area contributed by atoms with E-state index in [0.29, 0.717) is 42.5 Å². The van der Waals surface area contributed by atoms with Crippen molar-refractivity contribution in [1.29, 1.82) is 0 Å². The minimum absolute atomic E-state index is 0.106. The molecule has 0 saturated heterocycles. The molecule has 2 aliphatic rings. The van der Waals surface area contributed by atoms with Crippen molar-refractivity contribution in [1.82, 2.24) is 0 Å². The molecule has 8 heteroatoms. The Bertz CT molecular complexity index is 1370. The third kappa shape index (κ3) is 6.63. The fourth-order valence-electron chi connectivity index (χ4n) is 6.81. The molecule has 0 heterocycles. The molecule has 0 bridgehead atoms. The second kappa shape index (κ2) is 12.7. The molecule has 0 unspecified atom stereocenters. The van der Waals surface area contributed by atoms with E-state index in [-0.39, 0.29) is 35.7 Å². The van der Waals surface area contributed by atoms with E-state index in [1.165, 1.54) is 25.7 Å². The normalized spacial score (nSPS) is 23.1. The highest BCUT2D eigenvalue weighted by Gasteiger charge is 2.44. The minimum atomic E-state index is -3.61. The van der Waals surface area contributed by atoms with E-state index >= 15 is 13.2 Å². The molecule has 2 aliphatic carbocycles. The van der Waals surface area contributed by atoms with Crippen molar-refractivity contribution in [3.05, 3.63) is 88.7 Å². The highest BCUT2D eigenvalue weighted by atomic mass is 19.3. The Morgan fingerprint density at radius 2 is 1.33 bits per heavy atom. The number of ether oxygens (including phenoxy) is 1. The summed E-state index contributed by atoms with van der Waals surface area (Å²) in [4.78, 5) is 0. The summed E-state index contributed by atoms with van der Waals surface area (Å²) in [6.07, 6.45) is 4.28. The largest absolute Gasteiger partial charge is 0.432 e. The zero-order chi connectivity index (χ0) is 30.0. The monoisotopic (exact) mass is 592 g/mol. The van der Waals surface area contributed by atoms with Gasteiger partial charge in [0.25, 0.3) is 0 Å². The molecule has 0 aromatic heterocycles. The quantitative estimate of drug-likeness (QED) is 0.187. The molecule has 3 aromatic carbocycles. The summed E-state index contributed by atoms with van der Waals surface area (Å²) in [7, 11) is 0. The first-order valence-electron chi connectivity index (χ1n) is 14.9. The Balaban J connectivity index is 1.19. The van der Waals surface area contributed by atoms with Gasteiger partial charge in [0.2, 0.25) is 0 Å². The van der Waals surface area contributed by atoms with Crippen LogP contribution in [0.4, 0.5) is 30.7 Å². The van der Waals surface area contributed by atoms with Crippen molar-refractivity contribution in [3.63, 3.8) is 0 Å². The van der Waals surface area contributed by atoms with Crippen LogP contribution in [0.1, 0.15) is 94.1 Å². The molecule has 2 saturated carbocycles. The van der Waals surface area contributed by atoms with E-state index in [1.54, 1.807) is 6.07 Å². The fourth-order valence-corrected chi connectivity index (χ4v) is 6.81. The lowest BCUT2D eigenvalue weighted by molar-refractivity contribution is -0.222. The second-order valence-corrected chi connectivity index (χ2v) is 11.9. The second-order valence-electron chi connectivity index (χ2n) is 11.9. The third-order valence-electron chi connectivity index (χ3n) is 9.17. The van der Waals surface area contributed by atoms with Crippen molar-refractivity contribution in [3.8, 4) is 16.9 Å². The number of hydrogen-bond donors (Lipinski definition) is 0. The first-order valence-corrected chi connectivity index (χ1v) is 14.9. The molecule has 0 radical (unpaired) electrons. The van der Waals surface area contributed by atoms with E-state index in [1.807, 2.05) is 12.1 Å². The summed E-state index contributed by atoms with van der Waals surface area (Å²) < 4.78 is 105. The first kappa shape index (κ1) is 30.4. The van der Waals surface area contributed by atoms with Gasteiger partial charge in [-0.2, -0.15) is 8.78 Å². The number of alkyl halides is 2. The van der Waals surface area contributed by atoms with Gasteiger partial charge in [-0.3, -0.25) is 0 Å². The van der Waals surface area contributed by atoms with Gasteiger partial charge in [-0.15, -0.1) is 0 Å². The predicted molar refractivity (Wildman–Crippen MR) is 148 cm³/mol. The summed E-state index contributed by atoms with van der Waals surface area (Å²) >= 11 is 0.